The summed E-state index contributed by atoms with van der Waals surface area (Å²) in [5.41, 5.74) is 2.41. The third-order valence-electron chi connectivity index (χ3n) is 3.35. The van der Waals surface area contributed by atoms with Gasteiger partial charge < -0.3 is 0 Å². The lowest BCUT2D eigenvalue weighted by Gasteiger charge is -2.22. The monoisotopic (exact) mass is 263 g/mol. The lowest BCUT2D eigenvalue weighted by atomic mass is 10.1. The number of nitrogens with zero attached hydrogens (tertiary/aromatic N) is 1. The smallest absolute Gasteiger partial charge is 0.0716 e. The van der Waals surface area contributed by atoms with Gasteiger partial charge in [-0.3, -0.25) is 4.90 Å². The quantitative estimate of drug-likeness (QED) is 0.755. The molecule has 0 heterocycles. The molecule has 0 radical (unpaired) electrons. The first-order chi connectivity index (χ1) is 9.79. The van der Waals surface area contributed by atoms with Gasteiger partial charge >= 0.3 is 0 Å². The average Bonchev–Trinajstić information content (AvgIpc) is 2.50. The van der Waals surface area contributed by atoms with Gasteiger partial charge in [0.25, 0.3) is 0 Å². The van der Waals surface area contributed by atoms with Crippen LogP contribution in [0.25, 0.3) is 0 Å². The van der Waals surface area contributed by atoms with Crippen molar-refractivity contribution >= 4 is 0 Å². The Morgan fingerprint density at radius 2 is 1.55 bits per heavy atom. The van der Waals surface area contributed by atoms with Crippen molar-refractivity contribution < 1.29 is 0 Å². The van der Waals surface area contributed by atoms with E-state index >= 15 is 0 Å². The number of hydrogen-bond donors (Lipinski definition) is 0. The molecular weight excluding hydrogens is 242 g/mol. The van der Waals surface area contributed by atoms with Crippen LogP contribution in [0, 0.1) is 11.8 Å². The topological polar surface area (TPSA) is 3.24 Å². The Labute approximate surface area is 122 Å². The predicted molar refractivity (Wildman–Crippen MR) is 85.3 cm³/mol. The van der Waals surface area contributed by atoms with Crippen molar-refractivity contribution in [2.75, 3.05) is 7.05 Å². The van der Waals surface area contributed by atoms with Crippen molar-refractivity contribution in [2.45, 2.75) is 25.9 Å². The maximum atomic E-state index is 3.38. The first-order valence-electron chi connectivity index (χ1n) is 7.10. The van der Waals surface area contributed by atoms with Gasteiger partial charge in [-0.1, -0.05) is 67.3 Å². The van der Waals surface area contributed by atoms with E-state index < -0.39 is 0 Å². The average molecular weight is 263 g/mol. The van der Waals surface area contributed by atoms with E-state index in [1.807, 2.05) is 18.2 Å². The molecule has 1 nitrogen and oxygen atoms in total. The van der Waals surface area contributed by atoms with Gasteiger partial charge in [-0.2, -0.15) is 0 Å². The Balaban J connectivity index is 2.03. The molecule has 0 aliphatic heterocycles. The standard InChI is InChI=1S/C19H21N/c1-3-19(15-14-17-10-6-4-7-11-17)20(2)16-18-12-8-5-9-13-18/h4-13,19H,3,16H2,1-2H3. The minimum atomic E-state index is 0.287. The summed E-state index contributed by atoms with van der Waals surface area (Å²) in [6.07, 6.45) is 1.03. The van der Waals surface area contributed by atoms with Crippen LogP contribution in [0.2, 0.25) is 0 Å². The number of rotatable bonds is 4. The van der Waals surface area contributed by atoms with Crippen molar-refractivity contribution in [3.63, 3.8) is 0 Å². The Morgan fingerprint density at radius 1 is 0.950 bits per heavy atom. The van der Waals surface area contributed by atoms with Crippen LogP contribution in [0.3, 0.4) is 0 Å². The lowest BCUT2D eigenvalue weighted by Crippen LogP contribution is -2.29. The van der Waals surface area contributed by atoms with Crippen LogP contribution in [-0.2, 0) is 6.54 Å². The predicted octanol–water partition coefficient (Wildman–Crippen LogP) is 3.95. The molecule has 2 rings (SSSR count). The van der Waals surface area contributed by atoms with Crippen LogP contribution < -0.4 is 0 Å². The second kappa shape index (κ2) is 7.53. The van der Waals surface area contributed by atoms with E-state index in [-0.39, 0.29) is 6.04 Å². The second-order valence-electron chi connectivity index (χ2n) is 4.96. The van der Waals surface area contributed by atoms with Crippen LogP contribution in [-0.4, -0.2) is 18.0 Å². The summed E-state index contributed by atoms with van der Waals surface area (Å²) in [4.78, 5) is 2.31. The van der Waals surface area contributed by atoms with Gasteiger partial charge in [0.2, 0.25) is 0 Å². The normalized spacial score (nSPS) is 11.8. The van der Waals surface area contributed by atoms with E-state index in [1.54, 1.807) is 0 Å². The minimum Gasteiger partial charge on any atom is -0.289 e. The first-order valence-corrected chi connectivity index (χ1v) is 7.10. The zero-order chi connectivity index (χ0) is 14.2. The zero-order valence-electron chi connectivity index (χ0n) is 12.2. The third-order valence-corrected chi connectivity index (χ3v) is 3.35. The summed E-state index contributed by atoms with van der Waals surface area (Å²) in [6, 6.07) is 21.0. The SMILES string of the molecule is CCC(C#Cc1ccccc1)N(C)Cc1ccccc1. The molecule has 0 aliphatic carbocycles. The maximum absolute atomic E-state index is 3.38. The molecule has 0 N–H and O–H groups in total. The van der Waals surface area contributed by atoms with Gasteiger partial charge in [-0.05, 0) is 31.2 Å². The van der Waals surface area contributed by atoms with Gasteiger partial charge in [0.1, 0.15) is 0 Å². The summed E-state index contributed by atoms with van der Waals surface area (Å²) in [7, 11) is 2.14. The molecule has 2 aromatic carbocycles. The number of hydrogen-bond acceptors (Lipinski definition) is 1. The van der Waals surface area contributed by atoms with Gasteiger partial charge in [0.15, 0.2) is 0 Å². The molecule has 2 aromatic rings. The molecule has 1 heteroatoms. The van der Waals surface area contributed by atoms with E-state index in [0.717, 1.165) is 18.5 Å². The second-order valence-corrected chi connectivity index (χ2v) is 4.96. The highest BCUT2D eigenvalue weighted by Gasteiger charge is 2.09. The minimum absolute atomic E-state index is 0.287. The molecule has 0 aliphatic rings. The molecule has 1 atom stereocenters. The van der Waals surface area contributed by atoms with Crippen LogP contribution in [0.4, 0.5) is 0 Å². The van der Waals surface area contributed by atoms with Crippen LogP contribution in [0.5, 0.6) is 0 Å². The fraction of sp³-hybridized carbons (Fsp3) is 0.263. The highest BCUT2D eigenvalue weighted by Crippen LogP contribution is 2.08. The van der Waals surface area contributed by atoms with Gasteiger partial charge in [0.05, 0.1) is 6.04 Å². The summed E-state index contributed by atoms with van der Waals surface area (Å²) in [5, 5.41) is 0. The molecule has 0 amide bonds. The lowest BCUT2D eigenvalue weighted by molar-refractivity contribution is 0.275. The summed E-state index contributed by atoms with van der Waals surface area (Å²) in [6.45, 7) is 3.12. The van der Waals surface area contributed by atoms with Crippen molar-refractivity contribution in [2.24, 2.45) is 0 Å². The number of benzene rings is 2. The highest BCUT2D eigenvalue weighted by molar-refractivity contribution is 5.34. The molecular formula is C19H21N. The molecule has 1 unspecified atom stereocenters. The molecule has 0 spiro atoms. The summed E-state index contributed by atoms with van der Waals surface area (Å²) >= 11 is 0. The fourth-order valence-corrected chi connectivity index (χ4v) is 2.19. The van der Waals surface area contributed by atoms with Crippen molar-refractivity contribution in [3.8, 4) is 11.8 Å². The van der Waals surface area contributed by atoms with Gasteiger partial charge in [0, 0.05) is 12.1 Å². The Bertz CT molecular complexity index is 563. The first kappa shape index (κ1) is 14.4. The van der Waals surface area contributed by atoms with E-state index in [1.165, 1.54) is 5.56 Å². The summed E-state index contributed by atoms with van der Waals surface area (Å²) < 4.78 is 0. The molecule has 0 fully saturated rings. The van der Waals surface area contributed by atoms with E-state index in [4.69, 9.17) is 0 Å². The molecule has 0 aromatic heterocycles. The molecule has 20 heavy (non-hydrogen) atoms. The van der Waals surface area contributed by atoms with E-state index in [0.29, 0.717) is 0 Å². The van der Waals surface area contributed by atoms with Crippen LogP contribution >= 0.6 is 0 Å². The van der Waals surface area contributed by atoms with E-state index in [2.05, 4.69) is 73.2 Å². The Morgan fingerprint density at radius 3 is 2.15 bits per heavy atom. The molecule has 102 valence electrons. The van der Waals surface area contributed by atoms with Crippen molar-refractivity contribution in [3.05, 3.63) is 71.8 Å². The molecule has 0 bridgehead atoms. The Kier molecular flexibility index (Phi) is 5.41. The summed E-state index contributed by atoms with van der Waals surface area (Å²) in [5.74, 6) is 6.65. The van der Waals surface area contributed by atoms with Crippen LogP contribution in [0.15, 0.2) is 60.7 Å². The fourth-order valence-electron chi connectivity index (χ4n) is 2.19. The van der Waals surface area contributed by atoms with Crippen molar-refractivity contribution in [1.82, 2.24) is 4.90 Å². The van der Waals surface area contributed by atoms with Crippen LogP contribution in [0.1, 0.15) is 24.5 Å². The third kappa shape index (κ3) is 4.26. The largest absolute Gasteiger partial charge is 0.289 e. The molecule has 0 saturated carbocycles. The van der Waals surface area contributed by atoms with Gasteiger partial charge in [-0.15, -0.1) is 0 Å². The molecule has 0 saturated heterocycles. The zero-order valence-corrected chi connectivity index (χ0v) is 12.2. The maximum Gasteiger partial charge on any atom is 0.0716 e. The van der Waals surface area contributed by atoms with Gasteiger partial charge in [-0.25, -0.2) is 0 Å². The van der Waals surface area contributed by atoms with E-state index in [9.17, 15) is 0 Å². The van der Waals surface area contributed by atoms with Crippen molar-refractivity contribution in [1.29, 1.82) is 0 Å². The Hall–Kier alpha value is -2.04. The highest BCUT2D eigenvalue weighted by atomic mass is 15.1.